The molecule has 3 aromatic carbocycles. The second-order valence-electron chi connectivity index (χ2n) is 5.01. The number of nitrogens with zero attached hydrogens (tertiary/aromatic N) is 2. The van der Waals surface area contributed by atoms with Crippen molar-refractivity contribution in [3.05, 3.63) is 83.7 Å². The molecule has 3 aromatic rings. The third-order valence-corrected chi connectivity index (χ3v) is 3.36. The molecule has 0 aliphatic carbocycles. The number of halogens is 1. The van der Waals surface area contributed by atoms with Crippen molar-refractivity contribution in [1.82, 2.24) is 0 Å². The lowest BCUT2D eigenvalue weighted by Gasteiger charge is -2.10. The molecule has 120 valence electrons. The summed E-state index contributed by atoms with van der Waals surface area (Å²) >= 11 is 0. The maximum absolute atomic E-state index is 14.2. The van der Waals surface area contributed by atoms with Crippen LogP contribution in [0.2, 0.25) is 0 Å². The highest BCUT2D eigenvalue weighted by Gasteiger charge is 2.12. The number of para-hydroxylation sites is 1. The van der Waals surface area contributed by atoms with Crippen LogP contribution >= 0.6 is 0 Å². The van der Waals surface area contributed by atoms with E-state index in [4.69, 9.17) is 14.7 Å². The van der Waals surface area contributed by atoms with Crippen LogP contribution in [0.4, 0.5) is 4.39 Å². The third-order valence-electron chi connectivity index (χ3n) is 3.36. The Labute approximate surface area is 143 Å². The molecule has 0 saturated carbocycles. The first-order valence-electron chi connectivity index (χ1n) is 7.35. The van der Waals surface area contributed by atoms with Crippen LogP contribution in [-0.2, 0) is 0 Å². The van der Waals surface area contributed by atoms with Crippen molar-refractivity contribution < 1.29 is 13.9 Å². The van der Waals surface area contributed by atoms with Crippen molar-refractivity contribution in [2.24, 2.45) is 0 Å². The van der Waals surface area contributed by atoms with Gasteiger partial charge in [0.2, 0.25) is 0 Å². The molecule has 0 aromatic heterocycles. The van der Waals surface area contributed by atoms with Gasteiger partial charge in [-0.3, -0.25) is 0 Å². The number of ether oxygens (including phenoxy) is 2. The Bertz CT molecular complexity index is 989. The minimum atomic E-state index is -0.601. The maximum atomic E-state index is 14.2. The molecule has 0 fully saturated rings. The Morgan fingerprint density at radius 3 is 2.16 bits per heavy atom. The molecule has 0 aliphatic rings. The molecular formula is C20H11FN2O2. The second-order valence-corrected chi connectivity index (χ2v) is 5.01. The van der Waals surface area contributed by atoms with Crippen LogP contribution in [0.5, 0.6) is 23.0 Å². The molecule has 0 bridgehead atoms. The molecule has 0 spiro atoms. The highest BCUT2D eigenvalue weighted by molar-refractivity contribution is 5.55. The quantitative estimate of drug-likeness (QED) is 0.663. The van der Waals surface area contributed by atoms with Crippen molar-refractivity contribution in [3.63, 3.8) is 0 Å². The highest BCUT2D eigenvalue weighted by Crippen LogP contribution is 2.31. The topological polar surface area (TPSA) is 66.0 Å². The summed E-state index contributed by atoms with van der Waals surface area (Å²) in [6.45, 7) is 0. The molecule has 5 heteroatoms. The van der Waals surface area contributed by atoms with Crippen LogP contribution in [-0.4, -0.2) is 0 Å². The van der Waals surface area contributed by atoms with Gasteiger partial charge < -0.3 is 9.47 Å². The van der Waals surface area contributed by atoms with Gasteiger partial charge in [0.15, 0.2) is 11.6 Å². The molecule has 4 nitrogen and oxygen atoms in total. The summed E-state index contributed by atoms with van der Waals surface area (Å²) in [5, 5.41) is 18.2. The SMILES string of the molecule is N#Cc1cccc(Oc2ccc(Oc3ccccc3)c(F)c2)c1C#N. The molecule has 0 unspecified atom stereocenters. The highest BCUT2D eigenvalue weighted by atomic mass is 19.1. The normalized spacial score (nSPS) is 9.72. The molecule has 0 saturated heterocycles. The number of benzene rings is 3. The lowest BCUT2D eigenvalue weighted by molar-refractivity contribution is 0.432. The average molecular weight is 330 g/mol. The molecule has 3 rings (SSSR count). The summed E-state index contributed by atoms with van der Waals surface area (Å²) in [6.07, 6.45) is 0. The van der Waals surface area contributed by atoms with Crippen LogP contribution in [0, 0.1) is 28.5 Å². The fourth-order valence-electron chi connectivity index (χ4n) is 2.19. The summed E-state index contributed by atoms with van der Waals surface area (Å²) < 4.78 is 25.3. The van der Waals surface area contributed by atoms with Crippen molar-refractivity contribution >= 4 is 0 Å². The third kappa shape index (κ3) is 3.57. The zero-order chi connectivity index (χ0) is 17.6. The molecule has 0 amide bonds. The van der Waals surface area contributed by atoms with Crippen LogP contribution in [0.1, 0.15) is 11.1 Å². The molecule has 0 N–H and O–H groups in total. The van der Waals surface area contributed by atoms with Crippen LogP contribution in [0.3, 0.4) is 0 Å². The van der Waals surface area contributed by atoms with Gasteiger partial charge in [0.1, 0.15) is 35.0 Å². The average Bonchev–Trinajstić information content (AvgIpc) is 2.64. The Morgan fingerprint density at radius 1 is 0.720 bits per heavy atom. The monoisotopic (exact) mass is 330 g/mol. The zero-order valence-corrected chi connectivity index (χ0v) is 12.9. The van der Waals surface area contributed by atoms with E-state index < -0.39 is 5.82 Å². The zero-order valence-electron chi connectivity index (χ0n) is 12.9. The number of hydrogen-bond donors (Lipinski definition) is 0. The Kier molecular flexibility index (Phi) is 4.60. The molecule has 0 atom stereocenters. The van der Waals surface area contributed by atoms with E-state index in [0.29, 0.717) is 5.75 Å². The standard InChI is InChI=1S/C20H11FN2O2/c21-18-11-16(9-10-20(18)24-15-6-2-1-3-7-15)25-19-8-4-5-14(12-22)17(19)13-23/h1-11H. The van der Waals surface area contributed by atoms with Crippen molar-refractivity contribution in [2.45, 2.75) is 0 Å². The Balaban J connectivity index is 1.85. The van der Waals surface area contributed by atoms with Gasteiger partial charge in [-0.2, -0.15) is 10.5 Å². The van der Waals surface area contributed by atoms with Gasteiger partial charge in [0.25, 0.3) is 0 Å². The predicted octanol–water partition coefficient (Wildman–Crippen LogP) is 5.15. The maximum Gasteiger partial charge on any atom is 0.169 e. The van der Waals surface area contributed by atoms with Gasteiger partial charge in [-0.25, -0.2) is 4.39 Å². The first-order chi connectivity index (χ1) is 12.2. The summed E-state index contributed by atoms with van der Waals surface area (Å²) in [6, 6.07) is 21.5. The number of nitriles is 2. The molecular weight excluding hydrogens is 319 g/mol. The molecule has 25 heavy (non-hydrogen) atoms. The number of hydrogen-bond acceptors (Lipinski definition) is 4. The first-order valence-corrected chi connectivity index (χ1v) is 7.35. The van der Waals surface area contributed by atoms with E-state index in [1.54, 1.807) is 36.4 Å². The number of rotatable bonds is 4. The van der Waals surface area contributed by atoms with Crippen molar-refractivity contribution in [2.75, 3.05) is 0 Å². The van der Waals surface area contributed by atoms with Gasteiger partial charge in [0, 0.05) is 6.07 Å². The van der Waals surface area contributed by atoms with Gasteiger partial charge in [0.05, 0.1) is 5.56 Å². The molecule has 0 heterocycles. The fraction of sp³-hybridized carbons (Fsp3) is 0. The van der Waals surface area contributed by atoms with Crippen LogP contribution in [0.15, 0.2) is 66.7 Å². The van der Waals surface area contributed by atoms with E-state index in [1.165, 1.54) is 24.3 Å². The van der Waals surface area contributed by atoms with Gasteiger partial charge >= 0.3 is 0 Å². The van der Waals surface area contributed by atoms with E-state index in [0.717, 1.165) is 0 Å². The molecule has 0 aliphatic heterocycles. The second kappa shape index (κ2) is 7.16. The van der Waals surface area contributed by atoms with E-state index in [1.807, 2.05) is 18.2 Å². The smallest absolute Gasteiger partial charge is 0.169 e. The lowest BCUT2D eigenvalue weighted by Crippen LogP contribution is -1.93. The minimum absolute atomic E-state index is 0.0600. The van der Waals surface area contributed by atoms with E-state index >= 15 is 0 Å². The van der Waals surface area contributed by atoms with E-state index in [2.05, 4.69) is 0 Å². The Hall–Kier alpha value is -3.83. The van der Waals surface area contributed by atoms with Gasteiger partial charge in [-0.15, -0.1) is 0 Å². The van der Waals surface area contributed by atoms with Gasteiger partial charge in [-0.05, 0) is 36.4 Å². The van der Waals surface area contributed by atoms with E-state index in [-0.39, 0.29) is 28.4 Å². The largest absolute Gasteiger partial charge is 0.456 e. The summed E-state index contributed by atoms with van der Waals surface area (Å²) in [5.41, 5.74) is 0.305. The Morgan fingerprint density at radius 2 is 1.48 bits per heavy atom. The van der Waals surface area contributed by atoms with Crippen molar-refractivity contribution in [3.8, 4) is 35.1 Å². The van der Waals surface area contributed by atoms with Crippen molar-refractivity contribution in [1.29, 1.82) is 10.5 Å². The molecule has 0 radical (unpaired) electrons. The summed E-state index contributed by atoms with van der Waals surface area (Å²) in [7, 11) is 0. The lowest BCUT2D eigenvalue weighted by atomic mass is 10.1. The minimum Gasteiger partial charge on any atom is -0.456 e. The first kappa shape index (κ1) is 16.0. The summed E-state index contributed by atoms with van der Waals surface area (Å²) in [5.74, 6) is 0.367. The summed E-state index contributed by atoms with van der Waals surface area (Å²) in [4.78, 5) is 0. The van der Waals surface area contributed by atoms with Crippen LogP contribution in [0.25, 0.3) is 0 Å². The predicted molar refractivity (Wildman–Crippen MR) is 88.9 cm³/mol. The fourth-order valence-corrected chi connectivity index (χ4v) is 2.19. The van der Waals surface area contributed by atoms with Crippen LogP contribution < -0.4 is 9.47 Å². The van der Waals surface area contributed by atoms with E-state index in [9.17, 15) is 9.65 Å². The van der Waals surface area contributed by atoms with Gasteiger partial charge in [-0.1, -0.05) is 24.3 Å².